The van der Waals surface area contributed by atoms with Crippen LogP contribution in [0.2, 0.25) is 0 Å². The van der Waals surface area contributed by atoms with Gasteiger partial charge in [0.2, 0.25) is 0 Å². The topological polar surface area (TPSA) is 26.0 Å². The summed E-state index contributed by atoms with van der Waals surface area (Å²) in [6.45, 7) is 2.17. The first-order chi connectivity index (χ1) is 10.2. The fourth-order valence-electron chi connectivity index (χ4n) is 2.81. The molecule has 108 valence electrons. The van der Waals surface area contributed by atoms with Crippen LogP contribution in [0.25, 0.3) is 10.1 Å². The van der Waals surface area contributed by atoms with Gasteiger partial charge in [0.1, 0.15) is 0 Å². The van der Waals surface area contributed by atoms with Crippen molar-refractivity contribution >= 4 is 21.4 Å². The Balaban J connectivity index is 1.64. The molecule has 3 rings (SSSR count). The quantitative estimate of drug-likeness (QED) is 0.724. The van der Waals surface area contributed by atoms with E-state index in [1.165, 1.54) is 26.8 Å². The number of thiophene rings is 1. The third-order valence-corrected chi connectivity index (χ3v) is 5.10. The second-order valence-corrected chi connectivity index (χ2v) is 6.60. The molecule has 1 unspecified atom stereocenters. The van der Waals surface area contributed by atoms with Gasteiger partial charge in [0.25, 0.3) is 0 Å². The molecule has 0 aliphatic heterocycles. The molecule has 1 nitrogen and oxygen atoms in total. The van der Waals surface area contributed by atoms with Gasteiger partial charge in [-0.3, -0.25) is 0 Å². The first-order valence-corrected chi connectivity index (χ1v) is 8.37. The monoisotopic (exact) mass is 295 g/mol. The molecule has 0 fully saturated rings. The van der Waals surface area contributed by atoms with Crippen molar-refractivity contribution in [2.45, 2.75) is 32.2 Å². The van der Waals surface area contributed by atoms with Gasteiger partial charge in [-0.1, -0.05) is 42.5 Å². The summed E-state index contributed by atoms with van der Waals surface area (Å²) in [6, 6.07) is 17.4. The molecule has 0 aliphatic rings. The molecule has 0 saturated heterocycles. The van der Waals surface area contributed by atoms with E-state index in [-0.39, 0.29) is 6.04 Å². The summed E-state index contributed by atoms with van der Waals surface area (Å²) in [5.41, 5.74) is 10.5. The van der Waals surface area contributed by atoms with E-state index in [9.17, 15) is 0 Å². The van der Waals surface area contributed by atoms with Crippen molar-refractivity contribution in [3.63, 3.8) is 0 Å². The van der Waals surface area contributed by atoms with Crippen molar-refractivity contribution in [1.29, 1.82) is 0 Å². The Morgan fingerprint density at radius 3 is 2.62 bits per heavy atom. The van der Waals surface area contributed by atoms with Gasteiger partial charge in [-0.25, -0.2) is 0 Å². The van der Waals surface area contributed by atoms with Crippen LogP contribution in [0.3, 0.4) is 0 Å². The minimum Gasteiger partial charge on any atom is -0.327 e. The maximum Gasteiger partial charge on any atom is 0.0345 e. The molecule has 3 aromatic rings. The van der Waals surface area contributed by atoms with Crippen LogP contribution in [0.4, 0.5) is 0 Å². The van der Waals surface area contributed by atoms with E-state index in [4.69, 9.17) is 5.73 Å². The van der Waals surface area contributed by atoms with Crippen LogP contribution in [0.5, 0.6) is 0 Å². The third-order valence-electron chi connectivity index (χ3n) is 4.09. The number of aryl methyl sites for hydroxylation is 2. The van der Waals surface area contributed by atoms with Crippen molar-refractivity contribution in [2.75, 3.05) is 0 Å². The maximum absolute atomic E-state index is 6.36. The summed E-state index contributed by atoms with van der Waals surface area (Å²) in [7, 11) is 0. The Hall–Kier alpha value is -1.64. The van der Waals surface area contributed by atoms with E-state index in [0.29, 0.717) is 0 Å². The van der Waals surface area contributed by atoms with Crippen molar-refractivity contribution in [2.24, 2.45) is 5.73 Å². The Bertz CT molecular complexity index is 729. The summed E-state index contributed by atoms with van der Waals surface area (Å²) in [4.78, 5) is 0. The van der Waals surface area contributed by atoms with Crippen LogP contribution >= 0.6 is 11.3 Å². The standard InChI is InChI=1S/C19H21NS/c1-14-6-2-3-7-15(14)10-11-17(20)12-16-13-21-19-9-5-4-8-18(16)19/h2-9,13,17H,10-12,20H2,1H3. The van der Waals surface area contributed by atoms with Crippen LogP contribution in [-0.2, 0) is 12.8 Å². The zero-order valence-electron chi connectivity index (χ0n) is 12.4. The van der Waals surface area contributed by atoms with Gasteiger partial charge in [0.05, 0.1) is 0 Å². The lowest BCUT2D eigenvalue weighted by Gasteiger charge is -2.12. The molecule has 0 saturated carbocycles. The summed E-state index contributed by atoms with van der Waals surface area (Å²) < 4.78 is 1.36. The summed E-state index contributed by atoms with van der Waals surface area (Å²) in [5.74, 6) is 0. The smallest absolute Gasteiger partial charge is 0.0345 e. The molecule has 0 aliphatic carbocycles. The van der Waals surface area contributed by atoms with Crippen molar-refractivity contribution in [1.82, 2.24) is 0 Å². The molecule has 0 spiro atoms. The summed E-state index contributed by atoms with van der Waals surface area (Å²) in [6.07, 6.45) is 3.07. The van der Waals surface area contributed by atoms with Crippen molar-refractivity contribution in [3.05, 3.63) is 70.6 Å². The molecule has 1 aromatic heterocycles. The number of hydrogen-bond donors (Lipinski definition) is 1. The van der Waals surface area contributed by atoms with E-state index >= 15 is 0 Å². The molecule has 1 heterocycles. The van der Waals surface area contributed by atoms with Crippen LogP contribution in [-0.4, -0.2) is 6.04 Å². The average Bonchev–Trinajstić information content (AvgIpc) is 2.90. The first kappa shape index (κ1) is 14.3. The van der Waals surface area contributed by atoms with Crippen LogP contribution in [0.15, 0.2) is 53.9 Å². The first-order valence-electron chi connectivity index (χ1n) is 7.49. The van der Waals surface area contributed by atoms with Crippen molar-refractivity contribution < 1.29 is 0 Å². The largest absolute Gasteiger partial charge is 0.327 e. The fourth-order valence-corrected chi connectivity index (χ4v) is 3.78. The zero-order valence-corrected chi connectivity index (χ0v) is 13.2. The van der Waals surface area contributed by atoms with Crippen LogP contribution in [0.1, 0.15) is 23.1 Å². The van der Waals surface area contributed by atoms with Gasteiger partial charge in [-0.05, 0) is 59.7 Å². The van der Waals surface area contributed by atoms with Crippen LogP contribution < -0.4 is 5.73 Å². The minimum atomic E-state index is 0.225. The van der Waals surface area contributed by atoms with E-state index in [1.54, 1.807) is 0 Å². The second kappa shape index (κ2) is 6.42. The Morgan fingerprint density at radius 2 is 1.76 bits per heavy atom. The van der Waals surface area contributed by atoms with Gasteiger partial charge < -0.3 is 5.73 Å². The fraction of sp³-hybridized carbons (Fsp3) is 0.263. The predicted octanol–water partition coefficient (Wildman–Crippen LogP) is 4.71. The number of hydrogen-bond acceptors (Lipinski definition) is 2. The third kappa shape index (κ3) is 3.34. The minimum absolute atomic E-state index is 0.225. The average molecular weight is 295 g/mol. The number of rotatable bonds is 5. The molecule has 2 N–H and O–H groups in total. The highest BCUT2D eigenvalue weighted by Crippen LogP contribution is 2.26. The van der Waals surface area contributed by atoms with Crippen LogP contribution in [0, 0.1) is 6.92 Å². The number of benzene rings is 2. The van der Waals surface area contributed by atoms with Gasteiger partial charge in [-0.2, -0.15) is 0 Å². The maximum atomic E-state index is 6.36. The normalized spacial score (nSPS) is 12.7. The molecular formula is C19H21NS. The molecule has 0 amide bonds. The van der Waals surface area contributed by atoms with Crippen molar-refractivity contribution in [3.8, 4) is 0 Å². The van der Waals surface area contributed by atoms with Gasteiger partial charge in [-0.15, -0.1) is 11.3 Å². The summed E-state index contributed by atoms with van der Waals surface area (Å²) >= 11 is 1.82. The number of nitrogens with two attached hydrogens (primary N) is 1. The lowest BCUT2D eigenvalue weighted by atomic mass is 9.97. The summed E-state index contributed by atoms with van der Waals surface area (Å²) in [5, 5.41) is 3.63. The SMILES string of the molecule is Cc1ccccc1CCC(N)Cc1csc2ccccc12. The Labute approximate surface area is 130 Å². The lowest BCUT2D eigenvalue weighted by Crippen LogP contribution is -2.23. The van der Waals surface area contributed by atoms with Gasteiger partial charge >= 0.3 is 0 Å². The van der Waals surface area contributed by atoms with Gasteiger partial charge in [0, 0.05) is 10.7 Å². The van der Waals surface area contributed by atoms with E-state index < -0.39 is 0 Å². The van der Waals surface area contributed by atoms with E-state index in [1.807, 2.05) is 11.3 Å². The molecule has 0 bridgehead atoms. The highest BCUT2D eigenvalue weighted by atomic mass is 32.1. The van der Waals surface area contributed by atoms with E-state index in [0.717, 1.165) is 19.3 Å². The molecule has 2 aromatic carbocycles. The highest BCUT2D eigenvalue weighted by molar-refractivity contribution is 7.17. The van der Waals surface area contributed by atoms with E-state index in [2.05, 4.69) is 60.8 Å². The molecule has 2 heteroatoms. The van der Waals surface area contributed by atoms with Gasteiger partial charge in [0.15, 0.2) is 0 Å². The highest BCUT2D eigenvalue weighted by Gasteiger charge is 2.09. The zero-order chi connectivity index (χ0) is 14.7. The Kier molecular flexibility index (Phi) is 4.37. The molecular weight excluding hydrogens is 274 g/mol. The predicted molar refractivity (Wildman–Crippen MR) is 93.0 cm³/mol. The Morgan fingerprint density at radius 1 is 1.00 bits per heavy atom. The molecule has 21 heavy (non-hydrogen) atoms. The second-order valence-electron chi connectivity index (χ2n) is 5.69. The number of fused-ring (bicyclic) bond motifs is 1. The lowest BCUT2D eigenvalue weighted by molar-refractivity contribution is 0.612. The molecule has 1 atom stereocenters. The molecule has 0 radical (unpaired) electrons.